The minimum atomic E-state index is -0.471. The van der Waals surface area contributed by atoms with Crippen molar-refractivity contribution in [3.8, 4) is 0 Å². The molecule has 0 saturated heterocycles. The van der Waals surface area contributed by atoms with E-state index in [2.05, 4.69) is 0 Å². The Bertz CT molecular complexity index is 626. The van der Waals surface area contributed by atoms with Gasteiger partial charge in [-0.2, -0.15) is 0 Å². The van der Waals surface area contributed by atoms with E-state index in [4.69, 9.17) is 10.2 Å². The van der Waals surface area contributed by atoms with Crippen molar-refractivity contribution in [2.75, 3.05) is 12.8 Å². The van der Waals surface area contributed by atoms with Crippen molar-refractivity contribution in [1.29, 1.82) is 0 Å². The molecule has 0 aliphatic heterocycles. The summed E-state index contributed by atoms with van der Waals surface area (Å²) in [5, 5.41) is 0. The Balaban J connectivity index is 2.21. The number of aryl methyl sites for hydroxylation is 1. The highest BCUT2D eigenvalue weighted by atomic mass is 19.1. The number of halogens is 1. The lowest BCUT2D eigenvalue weighted by Crippen LogP contribution is -2.26. The summed E-state index contributed by atoms with van der Waals surface area (Å²) in [6.45, 7) is 3.81. The molecule has 2 aromatic rings. The summed E-state index contributed by atoms with van der Waals surface area (Å²) < 4.78 is 18.8. The van der Waals surface area contributed by atoms with Gasteiger partial charge in [-0.1, -0.05) is 0 Å². The highest BCUT2D eigenvalue weighted by Gasteiger charge is 2.16. The van der Waals surface area contributed by atoms with Crippen LogP contribution in [0.1, 0.15) is 27.2 Å². The van der Waals surface area contributed by atoms with Crippen molar-refractivity contribution in [2.24, 2.45) is 0 Å². The van der Waals surface area contributed by atoms with Crippen LogP contribution in [0.3, 0.4) is 0 Å². The van der Waals surface area contributed by atoms with E-state index in [1.807, 2.05) is 13.0 Å². The van der Waals surface area contributed by atoms with E-state index in [-0.39, 0.29) is 17.2 Å². The van der Waals surface area contributed by atoms with Crippen LogP contribution >= 0.6 is 0 Å². The number of nitrogens with zero attached hydrogens (tertiary/aromatic N) is 1. The van der Waals surface area contributed by atoms with E-state index in [9.17, 15) is 9.18 Å². The fraction of sp³-hybridized carbons (Fsp3) is 0.267. The molecule has 1 aromatic carbocycles. The minimum absolute atomic E-state index is 0.245. The topological polar surface area (TPSA) is 59.5 Å². The van der Waals surface area contributed by atoms with Gasteiger partial charge in [0.1, 0.15) is 11.6 Å². The smallest absolute Gasteiger partial charge is 0.254 e. The van der Waals surface area contributed by atoms with Gasteiger partial charge in [0.2, 0.25) is 0 Å². The maximum atomic E-state index is 13.6. The van der Waals surface area contributed by atoms with Crippen LogP contribution < -0.4 is 5.73 Å². The number of amides is 1. The maximum absolute atomic E-state index is 13.6. The van der Waals surface area contributed by atoms with Crippen LogP contribution in [0.4, 0.5) is 10.1 Å². The first kappa shape index (κ1) is 14.1. The predicted octanol–water partition coefficient (Wildman–Crippen LogP) is 2.89. The highest BCUT2D eigenvalue weighted by molar-refractivity contribution is 5.95. The van der Waals surface area contributed by atoms with Gasteiger partial charge in [0.15, 0.2) is 0 Å². The summed E-state index contributed by atoms with van der Waals surface area (Å²) in [4.78, 5) is 13.8. The number of nitrogens with two attached hydrogens (primary N) is 1. The molecule has 0 spiro atoms. The number of carbonyl (C=O) groups excluding carboxylic acids is 1. The molecule has 2 N–H and O–H groups in total. The Hall–Kier alpha value is -2.30. The SMILES string of the molecule is Cc1occc1CN(C)C(=O)c1cc(N)c(C)c(F)c1. The summed E-state index contributed by atoms with van der Waals surface area (Å²) in [5.74, 6) is 0.0108. The molecule has 0 radical (unpaired) electrons. The third-order valence-corrected chi connectivity index (χ3v) is 3.35. The van der Waals surface area contributed by atoms with E-state index < -0.39 is 5.82 Å². The molecule has 0 saturated carbocycles. The predicted molar refractivity (Wildman–Crippen MR) is 74.8 cm³/mol. The Morgan fingerprint density at radius 3 is 2.65 bits per heavy atom. The Kier molecular flexibility index (Phi) is 3.79. The van der Waals surface area contributed by atoms with Gasteiger partial charge in [0.05, 0.1) is 6.26 Å². The lowest BCUT2D eigenvalue weighted by atomic mass is 10.1. The Morgan fingerprint density at radius 1 is 1.40 bits per heavy atom. The van der Waals surface area contributed by atoms with Gasteiger partial charge >= 0.3 is 0 Å². The van der Waals surface area contributed by atoms with Crippen LogP contribution in [-0.4, -0.2) is 17.9 Å². The second-order valence-corrected chi connectivity index (χ2v) is 4.84. The third kappa shape index (κ3) is 2.66. The Labute approximate surface area is 117 Å². The van der Waals surface area contributed by atoms with Crippen molar-refractivity contribution >= 4 is 11.6 Å². The first-order chi connectivity index (χ1) is 9.40. The molecule has 0 bridgehead atoms. The number of hydrogen-bond donors (Lipinski definition) is 1. The third-order valence-electron chi connectivity index (χ3n) is 3.35. The molecule has 0 aliphatic carbocycles. The molecule has 1 heterocycles. The number of furan rings is 1. The lowest BCUT2D eigenvalue weighted by molar-refractivity contribution is 0.0784. The van der Waals surface area contributed by atoms with Crippen molar-refractivity contribution in [2.45, 2.75) is 20.4 Å². The van der Waals surface area contributed by atoms with Gasteiger partial charge < -0.3 is 15.1 Å². The molecule has 2 rings (SSSR count). The van der Waals surface area contributed by atoms with Crippen LogP contribution in [0.5, 0.6) is 0 Å². The molecular weight excluding hydrogens is 259 g/mol. The zero-order valence-corrected chi connectivity index (χ0v) is 11.7. The quantitative estimate of drug-likeness (QED) is 0.877. The average molecular weight is 276 g/mol. The van der Waals surface area contributed by atoms with Crippen LogP contribution in [0.2, 0.25) is 0 Å². The van der Waals surface area contributed by atoms with Gasteiger partial charge in [0.25, 0.3) is 5.91 Å². The summed E-state index contributed by atoms with van der Waals surface area (Å²) >= 11 is 0. The first-order valence-electron chi connectivity index (χ1n) is 6.24. The van der Waals surface area contributed by atoms with Gasteiger partial charge in [0, 0.05) is 36.0 Å². The molecular formula is C15H17FN2O2. The summed E-state index contributed by atoms with van der Waals surface area (Å²) in [6.07, 6.45) is 1.58. The maximum Gasteiger partial charge on any atom is 0.254 e. The zero-order valence-electron chi connectivity index (χ0n) is 11.7. The van der Waals surface area contributed by atoms with E-state index in [1.165, 1.54) is 17.0 Å². The van der Waals surface area contributed by atoms with Crippen LogP contribution in [0.15, 0.2) is 28.9 Å². The van der Waals surface area contributed by atoms with Gasteiger partial charge in [-0.15, -0.1) is 0 Å². The number of carbonyl (C=O) groups is 1. The molecule has 106 valence electrons. The van der Waals surface area contributed by atoms with E-state index in [0.29, 0.717) is 12.1 Å². The molecule has 4 nitrogen and oxygen atoms in total. The minimum Gasteiger partial charge on any atom is -0.469 e. The van der Waals surface area contributed by atoms with Crippen molar-refractivity contribution in [1.82, 2.24) is 4.90 Å². The van der Waals surface area contributed by atoms with Gasteiger partial charge in [-0.3, -0.25) is 4.79 Å². The normalized spacial score (nSPS) is 10.6. The molecule has 20 heavy (non-hydrogen) atoms. The van der Waals surface area contributed by atoms with Crippen molar-refractivity contribution < 1.29 is 13.6 Å². The van der Waals surface area contributed by atoms with Crippen molar-refractivity contribution in [3.63, 3.8) is 0 Å². The summed E-state index contributed by atoms with van der Waals surface area (Å²) in [7, 11) is 1.66. The standard InChI is InChI=1S/C15H17FN2O2/c1-9-13(16)6-12(7-14(9)17)15(19)18(3)8-11-4-5-20-10(11)2/h4-7H,8,17H2,1-3H3. The summed E-state index contributed by atoms with van der Waals surface area (Å²) in [5.41, 5.74) is 7.49. The van der Waals surface area contributed by atoms with Crippen LogP contribution in [0, 0.1) is 19.7 Å². The van der Waals surface area contributed by atoms with Crippen molar-refractivity contribution in [3.05, 3.63) is 52.7 Å². The van der Waals surface area contributed by atoms with E-state index in [1.54, 1.807) is 20.2 Å². The fourth-order valence-corrected chi connectivity index (χ4v) is 1.95. The largest absolute Gasteiger partial charge is 0.469 e. The molecule has 1 amide bonds. The number of rotatable bonds is 3. The van der Waals surface area contributed by atoms with Gasteiger partial charge in [-0.25, -0.2) is 4.39 Å². The number of benzene rings is 1. The summed E-state index contributed by atoms with van der Waals surface area (Å²) in [6, 6.07) is 4.52. The molecule has 5 heteroatoms. The van der Waals surface area contributed by atoms with Crippen LogP contribution in [0.25, 0.3) is 0 Å². The number of nitrogen functional groups attached to an aromatic ring is 1. The second-order valence-electron chi connectivity index (χ2n) is 4.84. The monoisotopic (exact) mass is 276 g/mol. The molecule has 0 fully saturated rings. The fourth-order valence-electron chi connectivity index (χ4n) is 1.95. The Morgan fingerprint density at radius 2 is 2.10 bits per heavy atom. The highest BCUT2D eigenvalue weighted by Crippen LogP contribution is 2.19. The van der Waals surface area contributed by atoms with E-state index >= 15 is 0 Å². The molecule has 0 unspecified atom stereocenters. The number of anilines is 1. The first-order valence-corrected chi connectivity index (χ1v) is 6.24. The van der Waals surface area contributed by atoms with E-state index in [0.717, 1.165) is 11.3 Å². The number of hydrogen-bond acceptors (Lipinski definition) is 3. The second kappa shape index (κ2) is 5.36. The molecule has 1 aromatic heterocycles. The molecule has 0 aliphatic rings. The van der Waals surface area contributed by atoms with Gasteiger partial charge in [-0.05, 0) is 32.0 Å². The molecule has 0 atom stereocenters. The van der Waals surface area contributed by atoms with Crippen LogP contribution in [-0.2, 0) is 6.54 Å². The lowest BCUT2D eigenvalue weighted by Gasteiger charge is -2.17. The average Bonchev–Trinajstić information content (AvgIpc) is 2.80. The zero-order chi connectivity index (χ0) is 14.9.